The third-order valence-corrected chi connectivity index (χ3v) is 5.46. The van der Waals surface area contributed by atoms with E-state index in [2.05, 4.69) is 4.90 Å². The quantitative estimate of drug-likeness (QED) is 0.520. The van der Waals surface area contributed by atoms with E-state index in [-0.39, 0.29) is 12.7 Å². The SMILES string of the molecule is O=C(OCc1cccc(OCc2ccccc2)c1)N1CCN(c2cccc(Cl)c2)CC1. The smallest absolute Gasteiger partial charge is 0.410 e. The Morgan fingerprint density at radius 2 is 1.55 bits per heavy atom. The maximum absolute atomic E-state index is 12.5. The predicted molar refractivity (Wildman–Crippen MR) is 123 cm³/mol. The number of hydrogen-bond acceptors (Lipinski definition) is 4. The van der Waals surface area contributed by atoms with Crippen LogP contribution in [0.1, 0.15) is 11.1 Å². The second-order valence-electron chi connectivity index (χ2n) is 7.43. The highest BCUT2D eigenvalue weighted by Crippen LogP contribution is 2.21. The van der Waals surface area contributed by atoms with Crippen LogP contribution in [0.4, 0.5) is 10.5 Å². The van der Waals surface area contributed by atoms with Crippen LogP contribution in [0, 0.1) is 0 Å². The predicted octanol–water partition coefficient (Wildman–Crippen LogP) is 5.38. The summed E-state index contributed by atoms with van der Waals surface area (Å²) in [5.41, 5.74) is 3.08. The Kier molecular flexibility index (Phi) is 6.95. The summed E-state index contributed by atoms with van der Waals surface area (Å²) >= 11 is 6.08. The summed E-state index contributed by atoms with van der Waals surface area (Å²) in [6, 6.07) is 25.5. The van der Waals surface area contributed by atoms with Gasteiger partial charge in [-0.2, -0.15) is 0 Å². The van der Waals surface area contributed by atoms with Gasteiger partial charge in [-0.05, 0) is 41.5 Å². The minimum atomic E-state index is -0.290. The molecular formula is C25H25ClN2O3. The lowest BCUT2D eigenvalue weighted by molar-refractivity contribution is 0.0941. The molecule has 0 aromatic heterocycles. The number of nitrogens with zero attached hydrogens (tertiary/aromatic N) is 2. The molecule has 0 unspecified atom stereocenters. The maximum Gasteiger partial charge on any atom is 0.410 e. The molecule has 4 rings (SSSR count). The maximum atomic E-state index is 12.5. The van der Waals surface area contributed by atoms with Gasteiger partial charge >= 0.3 is 6.09 Å². The number of carbonyl (C=O) groups excluding carboxylic acids is 1. The molecule has 1 fully saturated rings. The molecule has 0 bridgehead atoms. The van der Waals surface area contributed by atoms with E-state index in [9.17, 15) is 4.79 Å². The fourth-order valence-electron chi connectivity index (χ4n) is 3.52. The van der Waals surface area contributed by atoms with Gasteiger partial charge in [-0.3, -0.25) is 0 Å². The summed E-state index contributed by atoms with van der Waals surface area (Å²) in [5, 5.41) is 0.717. The molecule has 5 nitrogen and oxygen atoms in total. The zero-order valence-corrected chi connectivity index (χ0v) is 18.0. The number of ether oxygens (including phenoxy) is 2. The highest BCUT2D eigenvalue weighted by Gasteiger charge is 2.22. The van der Waals surface area contributed by atoms with Gasteiger partial charge in [-0.15, -0.1) is 0 Å². The van der Waals surface area contributed by atoms with Crippen LogP contribution in [0.25, 0.3) is 0 Å². The number of rotatable bonds is 6. The zero-order valence-electron chi connectivity index (χ0n) is 17.2. The van der Waals surface area contributed by atoms with Crippen molar-refractivity contribution < 1.29 is 14.3 Å². The molecule has 0 spiro atoms. The zero-order chi connectivity index (χ0) is 21.5. The molecule has 1 amide bonds. The largest absolute Gasteiger partial charge is 0.489 e. The summed E-state index contributed by atoms with van der Waals surface area (Å²) in [7, 11) is 0. The van der Waals surface area contributed by atoms with E-state index in [1.54, 1.807) is 4.90 Å². The molecule has 0 radical (unpaired) electrons. The molecule has 1 aliphatic heterocycles. The molecule has 1 saturated heterocycles. The van der Waals surface area contributed by atoms with Gasteiger partial charge in [0.2, 0.25) is 0 Å². The van der Waals surface area contributed by atoms with Gasteiger partial charge in [0.25, 0.3) is 0 Å². The van der Waals surface area contributed by atoms with E-state index in [1.807, 2.05) is 78.9 Å². The van der Waals surface area contributed by atoms with Crippen LogP contribution in [0.5, 0.6) is 5.75 Å². The van der Waals surface area contributed by atoms with Crippen molar-refractivity contribution in [3.05, 3.63) is 95.0 Å². The molecule has 0 atom stereocenters. The molecular weight excluding hydrogens is 412 g/mol. The number of halogens is 1. The van der Waals surface area contributed by atoms with Gasteiger partial charge in [0, 0.05) is 36.9 Å². The number of hydrogen-bond donors (Lipinski definition) is 0. The molecule has 6 heteroatoms. The minimum absolute atomic E-state index is 0.218. The Morgan fingerprint density at radius 3 is 2.32 bits per heavy atom. The second kappa shape index (κ2) is 10.2. The Hall–Kier alpha value is -3.18. The van der Waals surface area contributed by atoms with Gasteiger partial charge in [-0.25, -0.2) is 4.79 Å². The molecule has 0 N–H and O–H groups in total. The first-order valence-corrected chi connectivity index (χ1v) is 10.7. The van der Waals surface area contributed by atoms with Crippen molar-refractivity contribution in [2.24, 2.45) is 0 Å². The average molecular weight is 437 g/mol. The van der Waals surface area contributed by atoms with Crippen molar-refractivity contribution in [1.29, 1.82) is 0 Å². The van der Waals surface area contributed by atoms with Gasteiger partial charge in [0.05, 0.1) is 0 Å². The van der Waals surface area contributed by atoms with Crippen molar-refractivity contribution in [3.63, 3.8) is 0 Å². The van der Waals surface area contributed by atoms with Gasteiger partial charge in [0.15, 0.2) is 0 Å². The molecule has 31 heavy (non-hydrogen) atoms. The molecule has 1 aliphatic rings. The van der Waals surface area contributed by atoms with E-state index in [0.29, 0.717) is 24.7 Å². The van der Waals surface area contributed by atoms with Gasteiger partial charge in [-0.1, -0.05) is 60.1 Å². The Morgan fingerprint density at radius 1 is 0.806 bits per heavy atom. The summed E-state index contributed by atoms with van der Waals surface area (Å²) in [4.78, 5) is 16.5. The standard InChI is InChI=1S/C25H25ClN2O3/c26-22-9-5-10-23(17-22)27-12-14-28(15-13-27)25(29)31-19-21-8-4-11-24(16-21)30-18-20-6-2-1-3-7-20/h1-11,16-17H,12-15,18-19H2. The third-order valence-electron chi connectivity index (χ3n) is 5.22. The van der Waals surface area contributed by atoms with E-state index in [0.717, 1.165) is 35.7 Å². The first kappa shape index (κ1) is 21.1. The number of anilines is 1. The van der Waals surface area contributed by atoms with Crippen LogP contribution in [0.2, 0.25) is 5.02 Å². The lowest BCUT2D eigenvalue weighted by Crippen LogP contribution is -2.48. The van der Waals surface area contributed by atoms with Crippen LogP contribution in [0.3, 0.4) is 0 Å². The molecule has 0 aliphatic carbocycles. The molecule has 160 valence electrons. The van der Waals surface area contributed by atoms with Crippen molar-refractivity contribution >= 4 is 23.4 Å². The van der Waals surface area contributed by atoms with Gasteiger partial charge < -0.3 is 19.3 Å². The first-order chi connectivity index (χ1) is 15.2. The second-order valence-corrected chi connectivity index (χ2v) is 7.87. The van der Waals surface area contributed by atoms with Crippen LogP contribution < -0.4 is 9.64 Å². The first-order valence-electron chi connectivity index (χ1n) is 10.4. The summed E-state index contributed by atoms with van der Waals surface area (Å²) in [5.74, 6) is 0.757. The molecule has 3 aromatic rings. The summed E-state index contributed by atoms with van der Waals surface area (Å²) in [6.45, 7) is 3.45. The van der Waals surface area contributed by atoms with Crippen molar-refractivity contribution in [3.8, 4) is 5.75 Å². The molecule has 0 saturated carbocycles. The summed E-state index contributed by atoms with van der Waals surface area (Å²) in [6.07, 6.45) is -0.290. The van der Waals surface area contributed by atoms with Crippen LogP contribution >= 0.6 is 11.6 Å². The Balaban J connectivity index is 1.24. The fraction of sp³-hybridized carbons (Fsp3) is 0.240. The van der Waals surface area contributed by atoms with Crippen LogP contribution in [-0.4, -0.2) is 37.2 Å². The number of amides is 1. The Labute approximate surface area is 187 Å². The van der Waals surface area contributed by atoms with E-state index in [4.69, 9.17) is 21.1 Å². The minimum Gasteiger partial charge on any atom is -0.489 e. The van der Waals surface area contributed by atoms with E-state index in [1.165, 1.54) is 0 Å². The van der Waals surface area contributed by atoms with Crippen molar-refractivity contribution in [2.75, 3.05) is 31.1 Å². The highest BCUT2D eigenvalue weighted by atomic mass is 35.5. The topological polar surface area (TPSA) is 42.0 Å². The lowest BCUT2D eigenvalue weighted by Gasteiger charge is -2.35. The highest BCUT2D eigenvalue weighted by molar-refractivity contribution is 6.30. The van der Waals surface area contributed by atoms with E-state index >= 15 is 0 Å². The number of benzene rings is 3. The lowest BCUT2D eigenvalue weighted by atomic mass is 10.2. The average Bonchev–Trinajstić information content (AvgIpc) is 2.82. The normalized spacial score (nSPS) is 13.7. The van der Waals surface area contributed by atoms with E-state index < -0.39 is 0 Å². The third kappa shape index (κ3) is 5.92. The monoisotopic (exact) mass is 436 g/mol. The number of carbonyl (C=O) groups is 1. The van der Waals surface area contributed by atoms with Crippen LogP contribution in [0.15, 0.2) is 78.9 Å². The Bertz CT molecular complexity index is 1000. The number of piperazine rings is 1. The van der Waals surface area contributed by atoms with Crippen LogP contribution in [-0.2, 0) is 18.0 Å². The molecule has 3 aromatic carbocycles. The van der Waals surface area contributed by atoms with Crippen molar-refractivity contribution in [2.45, 2.75) is 13.2 Å². The van der Waals surface area contributed by atoms with Gasteiger partial charge in [0.1, 0.15) is 19.0 Å². The molecule has 1 heterocycles. The summed E-state index contributed by atoms with van der Waals surface area (Å²) < 4.78 is 11.4. The van der Waals surface area contributed by atoms with Crippen molar-refractivity contribution in [1.82, 2.24) is 4.90 Å². The fourth-order valence-corrected chi connectivity index (χ4v) is 3.71.